The first-order valence-electron chi connectivity index (χ1n) is 5.74. The minimum atomic E-state index is -0.266. The molecule has 1 aliphatic rings. The number of aryl methyl sites for hydroxylation is 2. The number of rotatable bonds is 1. The van der Waals surface area contributed by atoms with Crippen molar-refractivity contribution in [2.24, 2.45) is 0 Å². The van der Waals surface area contributed by atoms with Crippen molar-refractivity contribution >= 4 is 11.8 Å². The average molecular weight is 240 g/mol. The van der Waals surface area contributed by atoms with Crippen LogP contribution in [0.2, 0.25) is 0 Å². The van der Waals surface area contributed by atoms with Crippen LogP contribution in [0.4, 0.5) is 0 Å². The van der Waals surface area contributed by atoms with Crippen molar-refractivity contribution in [2.45, 2.75) is 13.8 Å². The molecule has 0 unspecified atom stereocenters. The standard InChI is InChI=1S/C14H12N2O2/c1-9-7-8-10(2)15(9)16-13(17)11-5-3-4-6-12(11)14(16)18/h3-8H,1-2H3. The van der Waals surface area contributed by atoms with E-state index in [9.17, 15) is 9.59 Å². The maximum absolute atomic E-state index is 12.3. The highest BCUT2D eigenvalue weighted by Gasteiger charge is 2.37. The Labute approximate surface area is 104 Å². The van der Waals surface area contributed by atoms with Gasteiger partial charge in [-0.2, -0.15) is 5.01 Å². The summed E-state index contributed by atoms with van der Waals surface area (Å²) < 4.78 is 1.66. The van der Waals surface area contributed by atoms with Crippen LogP contribution >= 0.6 is 0 Å². The summed E-state index contributed by atoms with van der Waals surface area (Å²) in [6.45, 7) is 3.74. The lowest BCUT2D eigenvalue weighted by molar-refractivity contribution is 0.0884. The molecular formula is C14H12N2O2. The molecule has 0 radical (unpaired) electrons. The number of amides is 2. The average Bonchev–Trinajstić information content (AvgIpc) is 2.81. The molecule has 1 aliphatic heterocycles. The zero-order valence-electron chi connectivity index (χ0n) is 10.2. The van der Waals surface area contributed by atoms with E-state index in [0.717, 1.165) is 11.4 Å². The summed E-state index contributed by atoms with van der Waals surface area (Å²) in [5.41, 5.74) is 2.66. The van der Waals surface area contributed by atoms with Crippen molar-refractivity contribution < 1.29 is 9.59 Å². The minimum absolute atomic E-state index is 0.266. The molecule has 4 heteroatoms. The van der Waals surface area contributed by atoms with Crippen LogP contribution in [-0.4, -0.2) is 16.5 Å². The van der Waals surface area contributed by atoms with Gasteiger partial charge in [-0.05, 0) is 38.1 Å². The van der Waals surface area contributed by atoms with E-state index >= 15 is 0 Å². The fraction of sp³-hybridized carbons (Fsp3) is 0.143. The Morgan fingerprint density at radius 1 is 0.778 bits per heavy atom. The van der Waals surface area contributed by atoms with Crippen LogP contribution in [0.15, 0.2) is 36.4 Å². The molecule has 0 spiro atoms. The van der Waals surface area contributed by atoms with Gasteiger partial charge in [0.05, 0.1) is 11.1 Å². The van der Waals surface area contributed by atoms with Gasteiger partial charge in [0.15, 0.2) is 0 Å². The molecule has 2 aromatic rings. The van der Waals surface area contributed by atoms with Gasteiger partial charge in [-0.25, -0.2) is 0 Å². The van der Waals surface area contributed by atoms with Crippen LogP contribution in [0.5, 0.6) is 0 Å². The van der Waals surface area contributed by atoms with Crippen LogP contribution in [0, 0.1) is 13.8 Å². The highest BCUT2D eigenvalue weighted by Crippen LogP contribution is 2.23. The summed E-state index contributed by atoms with van der Waals surface area (Å²) in [4.78, 5) is 24.6. The van der Waals surface area contributed by atoms with E-state index in [1.54, 1.807) is 28.9 Å². The van der Waals surface area contributed by atoms with Crippen molar-refractivity contribution in [3.05, 3.63) is 58.9 Å². The predicted octanol–water partition coefficient (Wildman–Crippen LogP) is 2.04. The minimum Gasteiger partial charge on any atom is -0.267 e. The number of aromatic nitrogens is 1. The third-order valence-corrected chi connectivity index (χ3v) is 3.21. The number of nitrogens with zero attached hydrogens (tertiary/aromatic N) is 2. The van der Waals surface area contributed by atoms with Gasteiger partial charge < -0.3 is 0 Å². The summed E-state index contributed by atoms with van der Waals surface area (Å²) in [5.74, 6) is -0.531. The number of benzene rings is 1. The van der Waals surface area contributed by atoms with Crippen molar-refractivity contribution in [1.82, 2.24) is 4.68 Å². The molecule has 0 aliphatic carbocycles. The van der Waals surface area contributed by atoms with E-state index < -0.39 is 0 Å². The molecule has 2 heterocycles. The number of imide groups is 1. The zero-order chi connectivity index (χ0) is 12.9. The van der Waals surface area contributed by atoms with Gasteiger partial charge in [-0.15, -0.1) is 0 Å². The molecule has 0 bridgehead atoms. The molecule has 1 aromatic carbocycles. The quantitative estimate of drug-likeness (QED) is 0.716. The lowest BCUT2D eigenvalue weighted by Gasteiger charge is -2.19. The van der Waals surface area contributed by atoms with Gasteiger partial charge in [0.1, 0.15) is 0 Å². The van der Waals surface area contributed by atoms with Gasteiger partial charge in [-0.3, -0.25) is 14.3 Å². The molecule has 0 fully saturated rings. The van der Waals surface area contributed by atoms with Crippen molar-refractivity contribution in [1.29, 1.82) is 0 Å². The van der Waals surface area contributed by atoms with E-state index in [2.05, 4.69) is 0 Å². The third-order valence-electron chi connectivity index (χ3n) is 3.21. The Balaban J connectivity index is 2.19. The van der Waals surface area contributed by atoms with Gasteiger partial charge >= 0.3 is 0 Å². The first kappa shape index (κ1) is 10.8. The number of carbonyl (C=O) groups excluding carboxylic acids is 2. The highest BCUT2D eigenvalue weighted by molar-refractivity contribution is 6.30. The molecule has 3 rings (SSSR count). The molecule has 0 saturated carbocycles. The normalized spacial score (nSPS) is 14.2. The van der Waals surface area contributed by atoms with Crippen molar-refractivity contribution in [3.8, 4) is 0 Å². The lowest BCUT2D eigenvalue weighted by atomic mass is 10.1. The van der Waals surface area contributed by atoms with Crippen molar-refractivity contribution in [2.75, 3.05) is 5.01 Å². The second kappa shape index (κ2) is 3.57. The topological polar surface area (TPSA) is 42.3 Å². The van der Waals surface area contributed by atoms with E-state index in [4.69, 9.17) is 0 Å². The molecule has 0 atom stereocenters. The maximum Gasteiger partial charge on any atom is 0.281 e. The Kier molecular flexibility index (Phi) is 2.13. The Morgan fingerprint density at radius 2 is 1.22 bits per heavy atom. The molecule has 18 heavy (non-hydrogen) atoms. The van der Waals surface area contributed by atoms with Crippen LogP contribution in [0.1, 0.15) is 32.1 Å². The second-order valence-corrected chi connectivity index (χ2v) is 4.40. The smallest absolute Gasteiger partial charge is 0.267 e. The van der Waals surface area contributed by atoms with E-state index in [1.165, 1.54) is 5.01 Å². The second-order valence-electron chi connectivity index (χ2n) is 4.40. The summed E-state index contributed by atoms with van der Waals surface area (Å²) in [7, 11) is 0. The Morgan fingerprint density at radius 3 is 1.67 bits per heavy atom. The van der Waals surface area contributed by atoms with Crippen LogP contribution in [0.3, 0.4) is 0 Å². The SMILES string of the molecule is Cc1ccc(C)n1N1C(=O)c2ccccc2C1=O. The fourth-order valence-corrected chi connectivity index (χ4v) is 2.33. The Hall–Kier alpha value is -2.36. The number of hydrogen-bond acceptors (Lipinski definition) is 2. The van der Waals surface area contributed by atoms with Crippen LogP contribution < -0.4 is 5.01 Å². The first-order chi connectivity index (χ1) is 8.61. The van der Waals surface area contributed by atoms with Gasteiger partial charge in [0.25, 0.3) is 11.8 Å². The number of hydrogen-bond donors (Lipinski definition) is 0. The highest BCUT2D eigenvalue weighted by atomic mass is 16.2. The van der Waals surface area contributed by atoms with E-state index in [-0.39, 0.29) is 11.8 Å². The molecule has 2 amide bonds. The summed E-state index contributed by atoms with van der Waals surface area (Å²) in [6, 6.07) is 10.7. The molecule has 0 N–H and O–H groups in total. The van der Waals surface area contributed by atoms with Gasteiger partial charge in [0, 0.05) is 11.4 Å². The maximum atomic E-state index is 12.3. The zero-order valence-corrected chi connectivity index (χ0v) is 10.2. The third kappa shape index (κ3) is 1.26. The molecular weight excluding hydrogens is 228 g/mol. The largest absolute Gasteiger partial charge is 0.281 e. The molecule has 90 valence electrons. The van der Waals surface area contributed by atoms with Gasteiger partial charge in [-0.1, -0.05) is 12.1 Å². The number of carbonyl (C=O) groups is 2. The summed E-state index contributed by atoms with van der Waals surface area (Å²) >= 11 is 0. The number of fused-ring (bicyclic) bond motifs is 1. The molecule has 1 aromatic heterocycles. The molecule has 0 saturated heterocycles. The van der Waals surface area contributed by atoms with Crippen LogP contribution in [-0.2, 0) is 0 Å². The Bertz CT molecular complexity index is 616. The van der Waals surface area contributed by atoms with Crippen LogP contribution in [0.25, 0.3) is 0 Å². The van der Waals surface area contributed by atoms with E-state index in [0.29, 0.717) is 11.1 Å². The summed E-state index contributed by atoms with van der Waals surface area (Å²) in [6.07, 6.45) is 0. The van der Waals surface area contributed by atoms with E-state index in [1.807, 2.05) is 26.0 Å². The fourth-order valence-electron chi connectivity index (χ4n) is 2.33. The van der Waals surface area contributed by atoms with Gasteiger partial charge in [0.2, 0.25) is 0 Å². The monoisotopic (exact) mass is 240 g/mol. The summed E-state index contributed by atoms with van der Waals surface area (Å²) in [5, 5.41) is 1.20. The predicted molar refractivity (Wildman–Crippen MR) is 67.2 cm³/mol. The first-order valence-corrected chi connectivity index (χ1v) is 5.74. The van der Waals surface area contributed by atoms with Crippen molar-refractivity contribution in [3.63, 3.8) is 0 Å². The lowest BCUT2D eigenvalue weighted by Crippen LogP contribution is -2.41. The molecule has 4 nitrogen and oxygen atoms in total.